The molecule has 0 aliphatic carbocycles. The zero-order chi connectivity index (χ0) is 24.0. The van der Waals surface area contributed by atoms with Gasteiger partial charge < -0.3 is 10.1 Å². The number of hydrogen-bond acceptors (Lipinski definition) is 4. The minimum absolute atomic E-state index is 0.0476. The third kappa shape index (κ3) is 6.57. The molecule has 33 heavy (non-hydrogen) atoms. The predicted molar refractivity (Wildman–Crippen MR) is 131 cm³/mol. The number of sulfonamides is 1. The molecule has 0 aliphatic heterocycles. The number of halogens is 1. The lowest BCUT2D eigenvalue weighted by Gasteiger charge is -2.20. The molecular formula is C25H27ClN2O4S. The van der Waals surface area contributed by atoms with Crippen molar-refractivity contribution in [2.45, 2.75) is 38.1 Å². The quantitative estimate of drug-likeness (QED) is 0.451. The van der Waals surface area contributed by atoms with Crippen LogP contribution in [0.5, 0.6) is 5.75 Å². The number of benzene rings is 3. The number of hydrogen-bond donors (Lipinski definition) is 2. The van der Waals surface area contributed by atoms with E-state index in [1.54, 1.807) is 0 Å². The molecule has 1 atom stereocenters. The summed E-state index contributed by atoms with van der Waals surface area (Å²) in [5.41, 5.74) is 3.33. The number of amides is 1. The molecule has 0 saturated carbocycles. The summed E-state index contributed by atoms with van der Waals surface area (Å²) >= 11 is 6.19. The topological polar surface area (TPSA) is 84.5 Å². The number of rotatable bonds is 9. The van der Waals surface area contributed by atoms with Crippen molar-refractivity contribution in [2.24, 2.45) is 0 Å². The number of anilines is 1. The number of aryl methyl sites for hydroxylation is 2. The summed E-state index contributed by atoms with van der Waals surface area (Å²) in [5.74, 6) is -0.0558. The monoisotopic (exact) mass is 486 g/mol. The van der Waals surface area contributed by atoms with Gasteiger partial charge in [0.15, 0.2) is 0 Å². The molecule has 0 aliphatic rings. The number of ether oxygens (including phenoxy) is 1. The molecule has 0 fully saturated rings. The molecule has 1 amide bonds. The second-order valence-electron chi connectivity index (χ2n) is 7.70. The summed E-state index contributed by atoms with van der Waals surface area (Å²) in [6.07, 6.45) is 0.182. The maximum Gasteiger partial charge on any atom is 0.242 e. The summed E-state index contributed by atoms with van der Waals surface area (Å²) < 4.78 is 34.2. The van der Waals surface area contributed by atoms with E-state index in [1.165, 1.54) is 18.2 Å². The zero-order valence-corrected chi connectivity index (χ0v) is 20.3. The molecule has 0 heterocycles. The van der Waals surface area contributed by atoms with Crippen LogP contribution in [-0.4, -0.2) is 27.0 Å². The van der Waals surface area contributed by atoms with Crippen molar-refractivity contribution in [3.05, 3.63) is 88.4 Å². The Morgan fingerprint density at radius 2 is 1.76 bits per heavy atom. The summed E-state index contributed by atoms with van der Waals surface area (Å²) in [7, 11) is -4.04. The highest BCUT2D eigenvalue weighted by Gasteiger charge is 2.27. The van der Waals surface area contributed by atoms with Gasteiger partial charge in [0.2, 0.25) is 15.9 Å². The molecule has 0 aromatic heterocycles. The van der Waals surface area contributed by atoms with Gasteiger partial charge in [0.1, 0.15) is 11.8 Å². The molecule has 0 radical (unpaired) electrons. The molecule has 0 bridgehead atoms. The average molecular weight is 487 g/mol. The normalized spacial score (nSPS) is 12.2. The molecule has 2 N–H and O–H groups in total. The molecule has 3 rings (SSSR count). The lowest BCUT2D eigenvalue weighted by molar-refractivity contribution is -0.117. The van der Waals surface area contributed by atoms with Crippen LogP contribution in [0.1, 0.15) is 23.6 Å². The second-order valence-corrected chi connectivity index (χ2v) is 9.82. The van der Waals surface area contributed by atoms with Gasteiger partial charge in [-0.15, -0.1) is 0 Å². The van der Waals surface area contributed by atoms with E-state index in [0.29, 0.717) is 18.0 Å². The van der Waals surface area contributed by atoms with E-state index in [4.69, 9.17) is 16.3 Å². The summed E-state index contributed by atoms with van der Waals surface area (Å²) in [6, 6.07) is 18.1. The van der Waals surface area contributed by atoms with Crippen LogP contribution in [0.15, 0.2) is 71.6 Å². The maximum atomic E-state index is 13.2. The van der Waals surface area contributed by atoms with Crippen molar-refractivity contribution < 1.29 is 17.9 Å². The highest BCUT2D eigenvalue weighted by atomic mass is 35.5. The first kappa shape index (κ1) is 24.8. The Morgan fingerprint density at radius 3 is 2.42 bits per heavy atom. The summed E-state index contributed by atoms with van der Waals surface area (Å²) in [6.45, 7) is 6.02. The molecule has 0 saturated heterocycles. The number of carbonyl (C=O) groups is 1. The van der Waals surface area contributed by atoms with Crippen molar-refractivity contribution >= 4 is 33.2 Å². The van der Waals surface area contributed by atoms with Crippen molar-refractivity contribution in [3.8, 4) is 5.75 Å². The Bertz CT molecular complexity index is 1230. The minimum atomic E-state index is -4.04. The van der Waals surface area contributed by atoms with Crippen LogP contribution in [0.3, 0.4) is 0 Å². The van der Waals surface area contributed by atoms with Crippen LogP contribution in [-0.2, 0) is 21.2 Å². The van der Waals surface area contributed by atoms with E-state index < -0.39 is 22.0 Å². The zero-order valence-electron chi connectivity index (χ0n) is 18.8. The van der Waals surface area contributed by atoms with Crippen molar-refractivity contribution in [3.63, 3.8) is 0 Å². The first-order valence-electron chi connectivity index (χ1n) is 10.6. The fourth-order valence-electron chi connectivity index (χ4n) is 3.30. The van der Waals surface area contributed by atoms with Gasteiger partial charge in [-0.3, -0.25) is 4.79 Å². The Morgan fingerprint density at radius 1 is 1.03 bits per heavy atom. The Kier molecular flexibility index (Phi) is 8.13. The molecule has 0 unspecified atom stereocenters. The summed E-state index contributed by atoms with van der Waals surface area (Å²) in [5, 5.41) is 3.05. The third-order valence-corrected chi connectivity index (χ3v) is 6.83. The average Bonchev–Trinajstić information content (AvgIpc) is 2.78. The van der Waals surface area contributed by atoms with Gasteiger partial charge in [0.05, 0.1) is 16.5 Å². The van der Waals surface area contributed by atoms with Crippen LogP contribution in [0.25, 0.3) is 0 Å². The van der Waals surface area contributed by atoms with E-state index in [0.717, 1.165) is 16.7 Å². The van der Waals surface area contributed by atoms with Gasteiger partial charge in [-0.1, -0.05) is 54.1 Å². The van der Waals surface area contributed by atoms with Gasteiger partial charge in [-0.2, -0.15) is 4.72 Å². The van der Waals surface area contributed by atoms with E-state index in [1.807, 2.05) is 69.3 Å². The van der Waals surface area contributed by atoms with E-state index >= 15 is 0 Å². The Balaban J connectivity index is 1.89. The van der Waals surface area contributed by atoms with Crippen LogP contribution >= 0.6 is 11.6 Å². The second kappa shape index (κ2) is 10.8. The lowest BCUT2D eigenvalue weighted by Crippen LogP contribution is -2.45. The van der Waals surface area contributed by atoms with Gasteiger partial charge in [0, 0.05) is 5.69 Å². The smallest absolute Gasteiger partial charge is 0.242 e. The van der Waals surface area contributed by atoms with E-state index in [9.17, 15) is 13.2 Å². The number of nitrogens with one attached hydrogen (secondary N) is 2. The molecule has 8 heteroatoms. The molecule has 0 spiro atoms. The van der Waals surface area contributed by atoms with Crippen LogP contribution in [0.2, 0.25) is 5.02 Å². The fraction of sp³-hybridized carbons (Fsp3) is 0.240. The van der Waals surface area contributed by atoms with Crippen LogP contribution in [0.4, 0.5) is 5.69 Å². The van der Waals surface area contributed by atoms with Crippen molar-refractivity contribution in [1.29, 1.82) is 0 Å². The van der Waals surface area contributed by atoms with E-state index in [2.05, 4.69) is 10.0 Å². The van der Waals surface area contributed by atoms with Gasteiger partial charge in [0.25, 0.3) is 0 Å². The highest BCUT2D eigenvalue weighted by molar-refractivity contribution is 7.89. The molecule has 3 aromatic rings. The number of carbonyl (C=O) groups excluding carboxylic acids is 1. The summed E-state index contributed by atoms with van der Waals surface area (Å²) in [4.78, 5) is 13.2. The van der Waals surface area contributed by atoms with Gasteiger partial charge in [-0.05, 0) is 68.1 Å². The van der Waals surface area contributed by atoms with Crippen LogP contribution in [0, 0.1) is 13.8 Å². The van der Waals surface area contributed by atoms with Gasteiger partial charge >= 0.3 is 0 Å². The Labute approximate surface area is 200 Å². The SMILES string of the molecule is CCOc1ccc(S(=O)(=O)N[C@H](Cc2ccccc2)C(=O)Nc2cc(C)ccc2C)cc1Cl. The lowest BCUT2D eigenvalue weighted by atomic mass is 10.1. The molecule has 3 aromatic carbocycles. The van der Waals surface area contributed by atoms with Gasteiger partial charge in [-0.25, -0.2) is 8.42 Å². The predicted octanol–water partition coefficient (Wildman–Crippen LogP) is 4.88. The van der Waals surface area contributed by atoms with E-state index in [-0.39, 0.29) is 16.3 Å². The highest BCUT2D eigenvalue weighted by Crippen LogP contribution is 2.27. The largest absolute Gasteiger partial charge is 0.492 e. The standard InChI is InChI=1S/C25H27ClN2O4S/c1-4-32-24-13-12-20(16-21(24)26)33(30,31)28-23(15-19-8-6-5-7-9-19)25(29)27-22-14-17(2)10-11-18(22)3/h5-14,16,23,28H,4,15H2,1-3H3,(H,27,29)/t23-/m1/s1. The fourth-order valence-corrected chi connectivity index (χ4v) is 4.83. The molecular weight excluding hydrogens is 460 g/mol. The van der Waals surface area contributed by atoms with Crippen LogP contribution < -0.4 is 14.8 Å². The maximum absolute atomic E-state index is 13.2. The Hall–Kier alpha value is -2.87. The third-order valence-electron chi connectivity index (χ3n) is 5.06. The molecule has 174 valence electrons. The molecule has 6 nitrogen and oxygen atoms in total. The first-order chi connectivity index (χ1) is 15.7. The first-order valence-corrected chi connectivity index (χ1v) is 12.4. The van der Waals surface area contributed by atoms with Crippen molar-refractivity contribution in [2.75, 3.05) is 11.9 Å². The minimum Gasteiger partial charge on any atom is -0.492 e. The van der Waals surface area contributed by atoms with Crippen molar-refractivity contribution in [1.82, 2.24) is 4.72 Å².